The minimum absolute atomic E-state index is 0.0979. The minimum atomic E-state index is -5.16. The Morgan fingerprint density at radius 2 is 1.73 bits per heavy atom. The zero-order valence-corrected chi connectivity index (χ0v) is 15.8. The number of esters is 2. The summed E-state index contributed by atoms with van der Waals surface area (Å²) in [5.74, 6) is -3.35. The van der Waals surface area contributed by atoms with Gasteiger partial charge in [-0.2, -0.15) is 13.2 Å². The van der Waals surface area contributed by atoms with Crippen LogP contribution >= 0.6 is 0 Å². The van der Waals surface area contributed by atoms with Crippen LogP contribution in [0.25, 0.3) is 22.2 Å². The first-order valence-electron chi connectivity index (χ1n) is 8.64. The molecular weight excluding hydrogens is 405 g/mol. The number of fused-ring (bicyclic) bond motifs is 1. The molecule has 30 heavy (non-hydrogen) atoms. The van der Waals surface area contributed by atoms with Gasteiger partial charge < -0.3 is 14.2 Å². The molecule has 156 valence electrons. The Morgan fingerprint density at radius 3 is 2.33 bits per heavy atom. The second kappa shape index (κ2) is 8.36. The molecule has 10 heteroatoms. The van der Waals surface area contributed by atoms with E-state index < -0.39 is 23.9 Å². The molecule has 0 amide bonds. The van der Waals surface area contributed by atoms with Gasteiger partial charge in [0.25, 0.3) is 0 Å². The molecule has 0 unspecified atom stereocenters. The monoisotopic (exact) mass is 420 g/mol. The van der Waals surface area contributed by atoms with Crippen molar-refractivity contribution in [1.29, 1.82) is 0 Å². The van der Waals surface area contributed by atoms with Crippen molar-refractivity contribution >= 4 is 22.8 Å². The predicted molar refractivity (Wildman–Crippen MR) is 99.2 cm³/mol. The van der Waals surface area contributed by atoms with E-state index in [1.807, 2.05) is 0 Å². The van der Waals surface area contributed by atoms with Crippen molar-refractivity contribution in [3.63, 3.8) is 0 Å². The number of hydrogen-bond donors (Lipinski definition) is 0. The molecule has 3 rings (SSSR count). The lowest BCUT2D eigenvalue weighted by molar-refractivity contribution is -0.189. The van der Waals surface area contributed by atoms with E-state index >= 15 is 0 Å². The van der Waals surface area contributed by atoms with Gasteiger partial charge in [0.1, 0.15) is 6.33 Å². The molecule has 0 radical (unpaired) electrons. The molecule has 1 aromatic heterocycles. The molecule has 0 bridgehead atoms. The highest BCUT2D eigenvalue weighted by molar-refractivity contribution is 5.96. The van der Waals surface area contributed by atoms with E-state index in [9.17, 15) is 22.8 Å². The molecule has 0 aliphatic carbocycles. The van der Waals surface area contributed by atoms with Gasteiger partial charge in [0.2, 0.25) is 0 Å². The van der Waals surface area contributed by atoms with Gasteiger partial charge in [0.15, 0.2) is 11.5 Å². The fraction of sp³-hybridized carbons (Fsp3) is 0.200. The summed E-state index contributed by atoms with van der Waals surface area (Å²) < 4.78 is 52.0. The summed E-state index contributed by atoms with van der Waals surface area (Å²) >= 11 is 0. The Hall–Kier alpha value is -3.69. The smallest absolute Gasteiger partial charge is 0.491 e. The van der Waals surface area contributed by atoms with E-state index in [1.165, 1.54) is 19.5 Å². The van der Waals surface area contributed by atoms with Crippen LogP contribution in [0, 0.1) is 0 Å². The van der Waals surface area contributed by atoms with Crippen molar-refractivity contribution < 1.29 is 37.0 Å². The summed E-state index contributed by atoms with van der Waals surface area (Å²) in [6.45, 7) is 1.95. The number of ether oxygens (including phenoxy) is 3. The van der Waals surface area contributed by atoms with Gasteiger partial charge >= 0.3 is 18.1 Å². The Balaban J connectivity index is 2.03. The van der Waals surface area contributed by atoms with Gasteiger partial charge in [0, 0.05) is 17.0 Å². The first-order valence-corrected chi connectivity index (χ1v) is 8.64. The maximum absolute atomic E-state index is 12.5. The lowest BCUT2D eigenvalue weighted by Crippen LogP contribution is -2.28. The quantitative estimate of drug-likeness (QED) is 0.456. The molecule has 0 N–H and O–H groups in total. The Labute approximate surface area is 168 Å². The maximum Gasteiger partial charge on any atom is 0.491 e. The van der Waals surface area contributed by atoms with Crippen LogP contribution in [0.5, 0.6) is 11.5 Å². The Kier molecular flexibility index (Phi) is 5.86. The van der Waals surface area contributed by atoms with Crippen molar-refractivity contribution in [2.45, 2.75) is 13.1 Å². The number of hydrogen-bond acceptors (Lipinski definition) is 7. The van der Waals surface area contributed by atoms with Crippen LogP contribution in [0.2, 0.25) is 0 Å². The number of alkyl halides is 3. The van der Waals surface area contributed by atoms with Crippen LogP contribution in [-0.2, 0) is 9.53 Å². The highest BCUT2D eigenvalue weighted by atomic mass is 19.4. The summed E-state index contributed by atoms with van der Waals surface area (Å²) in [7, 11) is 1.23. The van der Waals surface area contributed by atoms with E-state index in [2.05, 4.69) is 14.7 Å². The van der Waals surface area contributed by atoms with Gasteiger partial charge in [-0.3, -0.25) is 0 Å². The lowest BCUT2D eigenvalue weighted by atomic mass is 10.0. The zero-order chi connectivity index (χ0) is 21.9. The van der Waals surface area contributed by atoms with Crippen LogP contribution in [0.15, 0.2) is 42.7 Å². The number of benzene rings is 2. The fourth-order valence-corrected chi connectivity index (χ4v) is 2.67. The number of carbonyl (C=O) groups is 2. The zero-order valence-electron chi connectivity index (χ0n) is 15.8. The molecule has 0 atom stereocenters. The third-order valence-electron chi connectivity index (χ3n) is 4.02. The fourth-order valence-electron chi connectivity index (χ4n) is 2.67. The van der Waals surface area contributed by atoms with Crippen LogP contribution < -0.4 is 9.47 Å². The van der Waals surface area contributed by atoms with Gasteiger partial charge in [0.05, 0.1) is 30.5 Å². The Bertz CT molecular complexity index is 1100. The average Bonchev–Trinajstić information content (AvgIpc) is 2.72. The van der Waals surface area contributed by atoms with E-state index in [0.29, 0.717) is 22.2 Å². The summed E-state index contributed by atoms with van der Waals surface area (Å²) in [5.41, 5.74) is 1.66. The number of nitrogens with zero attached hydrogens (tertiary/aromatic N) is 2. The average molecular weight is 420 g/mol. The summed E-state index contributed by atoms with van der Waals surface area (Å²) in [5, 5.41) is 0.449. The van der Waals surface area contributed by atoms with E-state index in [-0.39, 0.29) is 17.9 Å². The van der Waals surface area contributed by atoms with Gasteiger partial charge in [-0.05, 0) is 25.1 Å². The van der Waals surface area contributed by atoms with Crippen molar-refractivity contribution in [2.24, 2.45) is 0 Å². The summed E-state index contributed by atoms with van der Waals surface area (Å²) in [6, 6.07) is 8.98. The molecule has 1 heterocycles. The number of rotatable bonds is 5. The first-order chi connectivity index (χ1) is 14.2. The first kappa shape index (κ1) is 21.0. The summed E-state index contributed by atoms with van der Waals surface area (Å²) in [4.78, 5) is 31.2. The van der Waals surface area contributed by atoms with Crippen LogP contribution in [-0.4, -0.2) is 41.8 Å². The third kappa shape index (κ3) is 4.32. The highest BCUT2D eigenvalue weighted by Crippen LogP contribution is 2.36. The lowest BCUT2D eigenvalue weighted by Gasteiger charge is -2.13. The third-order valence-corrected chi connectivity index (χ3v) is 4.02. The van der Waals surface area contributed by atoms with Crippen molar-refractivity contribution in [3.05, 3.63) is 48.3 Å². The van der Waals surface area contributed by atoms with Gasteiger partial charge in [-0.25, -0.2) is 19.6 Å². The molecule has 0 spiro atoms. The van der Waals surface area contributed by atoms with Crippen LogP contribution in [0.3, 0.4) is 0 Å². The molecule has 2 aromatic carbocycles. The van der Waals surface area contributed by atoms with Crippen molar-refractivity contribution in [1.82, 2.24) is 9.97 Å². The standard InChI is InChI=1S/C20H15F3N2O5/c1-3-29-18(26)12-6-4-11(5-7-12)17-13-8-15(28-2)16(9-14(13)24-10-25-17)30-19(27)20(21,22)23/h4-10H,3H2,1-2H3. The molecule has 0 fully saturated rings. The summed E-state index contributed by atoms with van der Waals surface area (Å²) in [6.07, 6.45) is -3.93. The molecule has 7 nitrogen and oxygen atoms in total. The second-order valence-electron chi connectivity index (χ2n) is 5.93. The SMILES string of the molecule is CCOC(=O)c1ccc(-c2ncnc3cc(OC(=O)C(F)(F)F)c(OC)cc23)cc1. The molecule has 0 aliphatic heterocycles. The highest BCUT2D eigenvalue weighted by Gasteiger charge is 2.42. The molecule has 0 saturated heterocycles. The van der Waals surface area contributed by atoms with Crippen LogP contribution in [0.1, 0.15) is 17.3 Å². The maximum atomic E-state index is 12.5. The molecule has 0 aliphatic rings. The van der Waals surface area contributed by atoms with E-state index in [0.717, 1.165) is 6.07 Å². The molecular formula is C20H15F3N2O5. The number of methoxy groups -OCH3 is 1. The Morgan fingerprint density at radius 1 is 1.03 bits per heavy atom. The predicted octanol–water partition coefficient (Wildman–Crippen LogP) is 3.95. The topological polar surface area (TPSA) is 87.6 Å². The molecule has 0 saturated carbocycles. The minimum Gasteiger partial charge on any atom is -0.493 e. The van der Waals surface area contributed by atoms with Crippen LogP contribution in [0.4, 0.5) is 13.2 Å². The number of carbonyl (C=O) groups excluding carboxylic acids is 2. The second-order valence-corrected chi connectivity index (χ2v) is 5.93. The van der Waals surface area contributed by atoms with Gasteiger partial charge in [-0.1, -0.05) is 12.1 Å². The van der Waals surface area contributed by atoms with Crippen molar-refractivity contribution in [3.8, 4) is 22.8 Å². The van der Waals surface area contributed by atoms with Crippen molar-refractivity contribution in [2.75, 3.05) is 13.7 Å². The number of halogens is 3. The van der Waals surface area contributed by atoms with E-state index in [1.54, 1.807) is 31.2 Å². The number of aromatic nitrogens is 2. The molecule has 3 aromatic rings. The van der Waals surface area contributed by atoms with E-state index in [4.69, 9.17) is 9.47 Å². The van der Waals surface area contributed by atoms with Gasteiger partial charge in [-0.15, -0.1) is 0 Å². The largest absolute Gasteiger partial charge is 0.493 e. The normalized spacial score (nSPS) is 11.2.